The van der Waals surface area contributed by atoms with E-state index in [2.05, 4.69) is 20.6 Å². The van der Waals surface area contributed by atoms with E-state index in [1.807, 2.05) is 26.1 Å². The summed E-state index contributed by atoms with van der Waals surface area (Å²) in [6.45, 7) is 2.25. The summed E-state index contributed by atoms with van der Waals surface area (Å²) >= 11 is 0. The van der Waals surface area contributed by atoms with Crippen LogP contribution in [-0.2, 0) is 6.54 Å². The maximum Gasteiger partial charge on any atom is 0.251 e. The Balaban J connectivity index is 1.95. The zero-order chi connectivity index (χ0) is 13.7. The van der Waals surface area contributed by atoms with Gasteiger partial charge in [-0.15, -0.1) is 0 Å². The minimum absolute atomic E-state index is 0.120. The highest BCUT2D eigenvalue weighted by Crippen LogP contribution is 2.08. The van der Waals surface area contributed by atoms with Crippen molar-refractivity contribution in [2.24, 2.45) is 0 Å². The highest BCUT2D eigenvalue weighted by molar-refractivity contribution is 5.94. The summed E-state index contributed by atoms with van der Waals surface area (Å²) in [7, 11) is 1.84. The standard InChI is InChI=1S/C14H16N4O/c1-10-7-17-13(8-16-10)9-18-14(19)11-3-5-12(15-2)6-4-11/h3-8,15H,9H2,1-2H3,(H,18,19). The molecule has 19 heavy (non-hydrogen) atoms. The Kier molecular flexibility index (Phi) is 4.07. The number of anilines is 1. The van der Waals surface area contributed by atoms with Crippen LogP contribution in [0.15, 0.2) is 36.7 Å². The van der Waals surface area contributed by atoms with Gasteiger partial charge in [-0.1, -0.05) is 0 Å². The zero-order valence-electron chi connectivity index (χ0n) is 11.0. The highest BCUT2D eigenvalue weighted by atomic mass is 16.1. The lowest BCUT2D eigenvalue weighted by Gasteiger charge is -2.06. The maximum absolute atomic E-state index is 11.9. The second-order valence-electron chi connectivity index (χ2n) is 4.16. The molecule has 0 saturated carbocycles. The average Bonchev–Trinajstić information content (AvgIpc) is 2.46. The third-order valence-electron chi connectivity index (χ3n) is 2.70. The lowest BCUT2D eigenvalue weighted by Crippen LogP contribution is -2.23. The lowest BCUT2D eigenvalue weighted by molar-refractivity contribution is 0.0950. The molecule has 0 spiro atoms. The Morgan fingerprint density at radius 1 is 1.16 bits per heavy atom. The van der Waals surface area contributed by atoms with Gasteiger partial charge >= 0.3 is 0 Å². The molecule has 1 aromatic carbocycles. The topological polar surface area (TPSA) is 66.9 Å². The lowest BCUT2D eigenvalue weighted by atomic mass is 10.2. The second kappa shape index (κ2) is 5.95. The van der Waals surface area contributed by atoms with Crippen LogP contribution in [0.3, 0.4) is 0 Å². The van der Waals surface area contributed by atoms with Crippen molar-refractivity contribution in [1.82, 2.24) is 15.3 Å². The van der Waals surface area contributed by atoms with Gasteiger partial charge in [0.05, 0.1) is 24.1 Å². The Labute approximate surface area is 112 Å². The molecule has 1 amide bonds. The van der Waals surface area contributed by atoms with Gasteiger partial charge in [0, 0.05) is 24.5 Å². The number of benzene rings is 1. The molecule has 0 radical (unpaired) electrons. The molecule has 0 unspecified atom stereocenters. The van der Waals surface area contributed by atoms with Gasteiger partial charge in [0.25, 0.3) is 5.91 Å². The number of rotatable bonds is 4. The van der Waals surface area contributed by atoms with E-state index >= 15 is 0 Å². The number of nitrogens with zero attached hydrogens (tertiary/aromatic N) is 2. The molecule has 5 nitrogen and oxygen atoms in total. The number of hydrogen-bond acceptors (Lipinski definition) is 4. The first kappa shape index (κ1) is 13.0. The summed E-state index contributed by atoms with van der Waals surface area (Å²) in [5.74, 6) is -0.120. The molecule has 2 N–H and O–H groups in total. The fourth-order valence-corrected chi connectivity index (χ4v) is 1.57. The molecule has 0 atom stereocenters. The van der Waals surface area contributed by atoms with Crippen molar-refractivity contribution in [3.8, 4) is 0 Å². The smallest absolute Gasteiger partial charge is 0.251 e. The van der Waals surface area contributed by atoms with Gasteiger partial charge in [0.2, 0.25) is 0 Å². The summed E-state index contributed by atoms with van der Waals surface area (Å²) in [5.41, 5.74) is 3.20. The molecule has 0 aliphatic carbocycles. The van der Waals surface area contributed by atoms with Gasteiger partial charge in [-0.3, -0.25) is 14.8 Å². The number of nitrogens with one attached hydrogen (secondary N) is 2. The minimum atomic E-state index is -0.120. The molecular weight excluding hydrogens is 240 g/mol. The minimum Gasteiger partial charge on any atom is -0.388 e. The van der Waals surface area contributed by atoms with Gasteiger partial charge in [0.15, 0.2) is 0 Å². The number of amides is 1. The fraction of sp³-hybridized carbons (Fsp3) is 0.214. The van der Waals surface area contributed by atoms with E-state index in [-0.39, 0.29) is 5.91 Å². The fourth-order valence-electron chi connectivity index (χ4n) is 1.57. The van der Waals surface area contributed by atoms with E-state index in [9.17, 15) is 4.79 Å². The molecule has 5 heteroatoms. The van der Waals surface area contributed by atoms with Gasteiger partial charge in [-0.05, 0) is 31.2 Å². The summed E-state index contributed by atoms with van der Waals surface area (Å²) < 4.78 is 0. The molecule has 2 aromatic rings. The monoisotopic (exact) mass is 256 g/mol. The molecule has 0 bridgehead atoms. The van der Waals surface area contributed by atoms with Crippen LogP contribution in [0.1, 0.15) is 21.7 Å². The van der Waals surface area contributed by atoms with Crippen molar-refractivity contribution >= 4 is 11.6 Å². The van der Waals surface area contributed by atoms with E-state index in [4.69, 9.17) is 0 Å². The summed E-state index contributed by atoms with van der Waals surface area (Å²) in [4.78, 5) is 20.2. The van der Waals surface area contributed by atoms with Gasteiger partial charge < -0.3 is 10.6 Å². The Hall–Kier alpha value is -2.43. The van der Waals surface area contributed by atoms with E-state index in [1.165, 1.54) is 0 Å². The normalized spacial score (nSPS) is 10.0. The van der Waals surface area contributed by atoms with Crippen molar-refractivity contribution in [2.45, 2.75) is 13.5 Å². The SMILES string of the molecule is CNc1ccc(C(=O)NCc2cnc(C)cn2)cc1. The largest absolute Gasteiger partial charge is 0.388 e. The predicted molar refractivity (Wildman–Crippen MR) is 73.9 cm³/mol. The first-order chi connectivity index (χ1) is 9.19. The number of carbonyl (C=O) groups is 1. The number of hydrogen-bond donors (Lipinski definition) is 2. The van der Waals surface area contributed by atoms with E-state index in [0.29, 0.717) is 12.1 Å². The number of aryl methyl sites for hydroxylation is 1. The van der Waals surface area contributed by atoms with E-state index < -0.39 is 0 Å². The van der Waals surface area contributed by atoms with Crippen molar-refractivity contribution in [2.75, 3.05) is 12.4 Å². The van der Waals surface area contributed by atoms with Crippen LogP contribution in [0.2, 0.25) is 0 Å². The molecule has 98 valence electrons. The first-order valence-electron chi connectivity index (χ1n) is 6.02. The van der Waals surface area contributed by atoms with Crippen LogP contribution < -0.4 is 10.6 Å². The molecule has 2 rings (SSSR count). The van der Waals surface area contributed by atoms with E-state index in [0.717, 1.165) is 17.1 Å². The average molecular weight is 256 g/mol. The van der Waals surface area contributed by atoms with Gasteiger partial charge in [0.1, 0.15) is 0 Å². The van der Waals surface area contributed by atoms with Crippen molar-refractivity contribution in [1.29, 1.82) is 0 Å². The van der Waals surface area contributed by atoms with Crippen LogP contribution in [0.4, 0.5) is 5.69 Å². The summed E-state index contributed by atoms with van der Waals surface area (Å²) in [6, 6.07) is 7.28. The summed E-state index contributed by atoms with van der Waals surface area (Å²) in [5, 5.41) is 5.82. The van der Waals surface area contributed by atoms with Crippen molar-refractivity contribution in [3.63, 3.8) is 0 Å². The Morgan fingerprint density at radius 3 is 2.47 bits per heavy atom. The second-order valence-corrected chi connectivity index (χ2v) is 4.16. The molecule has 1 aromatic heterocycles. The highest BCUT2D eigenvalue weighted by Gasteiger charge is 2.05. The van der Waals surface area contributed by atoms with Gasteiger partial charge in [-0.2, -0.15) is 0 Å². The first-order valence-corrected chi connectivity index (χ1v) is 6.02. The maximum atomic E-state index is 11.9. The predicted octanol–water partition coefficient (Wildman–Crippen LogP) is 1.76. The molecular formula is C14H16N4O. The van der Waals surface area contributed by atoms with Crippen molar-refractivity contribution in [3.05, 3.63) is 53.6 Å². The molecule has 0 aliphatic rings. The molecule has 0 fully saturated rings. The van der Waals surface area contributed by atoms with Crippen LogP contribution in [0, 0.1) is 6.92 Å². The quantitative estimate of drug-likeness (QED) is 0.874. The van der Waals surface area contributed by atoms with Crippen LogP contribution in [0.5, 0.6) is 0 Å². The molecule has 1 heterocycles. The van der Waals surface area contributed by atoms with Crippen LogP contribution >= 0.6 is 0 Å². The molecule has 0 aliphatic heterocycles. The zero-order valence-corrected chi connectivity index (χ0v) is 11.0. The van der Waals surface area contributed by atoms with E-state index in [1.54, 1.807) is 24.5 Å². The third kappa shape index (κ3) is 3.51. The summed E-state index contributed by atoms with van der Waals surface area (Å²) in [6.07, 6.45) is 3.35. The Morgan fingerprint density at radius 2 is 1.89 bits per heavy atom. The number of aromatic nitrogens is 2. The Bertz CT molecular complexity index is 549. The third-order valence-corrected chi connectivity index (χ3v) is 2.70. The van der Waals surface area contributed by atoms with Gasteiger partial charge in [-0.25, -0.2) is 0 Å². The molecule has 0 saturated heterocycles. The van der Waals surface area contributed by atoms with Crippen molar-refractivity contribution < 1.29 is 4.79 Å². The van der Waals surface area contributed by atoms with Crippen LogP contribution in [0.25, 0.3) is 0 Å². The number of carbonyl (C=O) groups excluding carboxylic acids is 1. The van der Waals surface area contributed by atoms with Crippen LogP contribution in [-0.4, -0.2) is 22.9 Å².